The first-order valence-electron chi connectivity index (χ1n) is 9.16. The first-order valence-corrected chi connectivity index (χ1v) is 9.16. The van der Waals surface area contributed by atoms with E-state index in [1.54, 1.807) is 0 Å². The second kappa shape index (κ2) is 5.61. The van der Waals surface area contributed by atoms with Gasteiger partial charge in [0.05, 0.1) is 5.92 Å². The molecule has 1 saturated carbocycles. The Kier molecular flexibility index (Phi) is 3.66. The summed E-state index contributed by atoms with van der Waals surface area (Å²) in [6, 6.07) is 8.36. The van der Waals surface area contributed by atoms with Gasteiger partial charge < -0.3 is 10.0 Å². The summed E-state index contributed by atoms with van der Waals surface area (Å²) in [5.74, 6) is -0.955. The number of likely N-dealkylation sites (tertiary alicyclic amines) is 1. The average Bonchev–Trinajstić information content (AvgIpc) is 3.29. The molecule has 1 aromatic rings. The van der Waals surface area contributed by atoms with Crippen LogP contribution in [0.15, 0.2) is 24.3 Å². The standard InChI is InChI=1S/C20H25NO3/c1-13-15(19(23)24)8-5-11-21(13)18(22)17-12-20(17)10-4-7-14-6-2-3-9-16(14)20/h2-3,6,9,13,15,17H,4-5,7-8,10-12H2,1H3,(H,23,24)/t13-,15-,17?,20?/m1/s1. The molecule has 4 heteroatoms. The zero-order chi connectivity index (χ0) is 16.9. The zero-order valence-corrected chi connectivity index (χ0v) is 14.2. The van der Waals surface area contributed by atoms with Crippen molar-refractivity contribution in [2.45, 2.75) is 56.9 Å². The molecule has 0 radical (unpaired) electrons. The number of benzene rings is 1. The number of aryl methyl sites for hydroxylation is 1. The molecule has 4 atom stereocenters. The largest absolute Gasteiger partial charge is 0.481 e. The highest BCUT2D eigenvalue weighted by Crippen LogP contribution is 2.61. The van der Waals surface area contributed by atoms with Gasteiger partial charge in [-0.1, -0.05) is 24.3 Å². The molecule has 128 valence electrons. The predicted molar refractivity (Wildman–Crippen MR) is 90.7 cm³/mol. The Balaban J connectivity index is 1.56. The Morgan fingerprint density at radius 2 is 2.04 bits per heavy atom. The number of piperidine rings is 1. The van der Waals surface area contributed by atoms with Crippen molar-refractivity contribution >= 4 is 11.9 Å². The minimum absolute atomic E-state index is 0.0296. The predicted octanol–water partition coefficient (Wildman–Crippen LogP) is 2.99. The molecule has 1 aliphatic heterocycles. The number of carbonyl (C=O) groups is 2. The summed E-state index contributed by atoms with van der Waals surface area (Å²) in [5, 5.41) is 9.40. The summed E-state index contributed by atoms with van der Waals surface area (Å²) < 4.78 is 0. The van der Waals surface area contributed by atoms with E-state index in [9.17, 15) is 14.7 Å². The van der Waals surface area contributed by atoms with Crippen LogP contribution in [0.1, 0.15) is 50.2 Å². The lowest BCUT2D eigenvalue weighted by atomic mass is 9.78. The third kappa shape index (κ3) is 2.27. The third-order valence-electron chi connectivity index (χ3n) is 6.58. The maximum Gasteiger partial charge on any atom is 0.308 e. The summed E-state index contributed by atoms with van der Waals surface area (Å²) in [4.78, 5) is 26.5. The monoisotopic (exact) mass is 327 g/mol. The van der Waals surface area contributed by atoms with Gasteiger partial charge >= 0.3 is 5.97 Å². The summed E-state index contributed by atoms with van der Waals surface area (Å²) >= 11 is 0. The molecule has 1 amide bonds. The molecule has 1 heterocycles. The number of hydrogen-bond acceptors (Lipinski definition) is 2. The fourth-order valence-corrected chi connectivity index (χ4v) is 5.14. The van der Waals surface area contributed by atoms with Crippen LogP contribution in [0.5, 0.6) is 0 Å². The first-order chi connectivity index (χ1) is 11.5. The number of nitrogens with zero attached hydrogens (tertiary/aromatic N) is 1. The van der Waals surface area contributed by atoms with Crippen LogP contribution in [0.4, 0.5) is 0 Å². The maximum absolute atomic E-state index is 13.2. The summed E-state index contributed by atoms with van der Waals surface area (Å²) in [7, 11) is 0. The summed E-state index contributed by atoms with van der Waals surface area (Å²) in [5.41, 5.74) is 2.80. The minimum Gasteiger partial charge on any atom is -0.481 e. The van der Waals surface area contributed by atoms with E-state index in [-0.39, 0.29) is 23.3 Å². The van der Waals surface area contributed by atoms with Crippen molar-refractivity contribution in [2.24, 2.45) is 11.8 Å². The number of rotatable bonds is 2. The van der Waals surface area contributed by atoms with Crippen molar-refractivity contribution in [1.29, 1.82) is 0 Å². The van der Waals surface area contributed by atoms with E-state index in [0.717, 1.165) is 32.1 Å². The SMILES string of the molecule is C[C@@H]1[C@H](C(=O)O)CCCN1C(=O)C1CC12CCCc1ccccc12. The van der Waals surface area contributed by atoms with Crippen molar-refractivity contribution in [2.75, 3.05) is 6.54 Å². The van der Waals surface area contributed by atoms with Gasteiger partial charge in [0.1, 0.15) is 0 Å². The molecule has 0 bridgehead atoms. The fourth-order valence-electron chi connectivity index (χ4n) is 5.14. The lowest BCUT2D eigenvalue weighted by Crippen LogP contribution is -2.50. The lowest BCUT2D eigenvalue weighted by Gasteiger charge is -2.38. The molecule has 1 N–H and O–H groups in total. The normalized spacial score (nSPS) is 34.7. The minimum atomic E-state index is -0.770. The van der Waals surface area contributed by atoms with Crippen molar-refractivity contribution in [3.05, 3.63) is 35.4 Å². The van der Waals surface area contributed by atoms with Crippen LogP contribution in [0.25, 0.3) is 0 Å². The number of carboxylic acid groups (broad SMARTS) is 1. The van der Waals surface area contributed by atoms with E-state index in [0.29, 0.717) is 13.0 Å². The van der Waals surface area contributed by atoms with Crippen LogP contribution in [-0.2, 0) is 21.4 Å². The molecule has 2 unspecified atom stereocenters. The van der Waals surface area contributed by atoms with Crippen LogP contribution in [0.3, 0.4) is 0 Å². The molecule has 2 aliphatic carbocycles. The van der Waals surface area contributed by atoms with Crippen LogP contribution < -0.4 is 0 Å². The lowest BCUT2D eigenvalue weighted by molar-refractivity contribution is -0.149. The van der Waals surface area contributed by atoms with Gasteiger partial charge in [-0.25, -0.2) is 0 Å². The number of carbonyl (C=O) groups excluding carboxylic acids is 1. The zero-order valence-electron chi connectivity index (χ0n) is 14.2. The Morgan fingerprint density at radius 1 is 1.25 bits per heavy atom. The summed E-state index contributed by atoms with van der Waals surface area (Å²) in [6.45, 7) is 2.61. The van der Waals surface area contributed by atoms with Gasteiger partial charge in [0.15, 0.2) is 0 Å². The number of aliphatic carboxylic acids is 1. The molecule has 1 spiro atoms. The highest BCUT2D eigenvalue weighted by atomic mass is 16.4. The Labute approximate surface area is 142 Å². The maximum atomic E-state index is 13.2. The average molecular weight is 327 g/mol. The molecular weight excluding hydrogens is 302 g/mol. The van der Waals surface area contributed by atoms with Gasteiger partial charge in [-0.05, 0) is 56.6 Å². The molecule has 1 saturated heterocycles. The second-order valence-corrected chi connectivity index (χ2v) is 7.78. The molecule has 1 aromatic carbocycles. The second-order valence-electron chi connectivity index (χ2n) is 7.78. The van der Waals surface area contributed by atoms with E-state index in [2.05, 4.69) is 24.3 Å². The van der Waals surface area contributed by atoms with Crippen LogP contribution in [0, 0.1) is 11.8 Å². The van der Waals surface area contributed by atoms with E-state index < -0.39 is 11.9 Å². The molecular formula is C20H25NO3. The highest BCUT2D eigenvalue weighted by Gasteiger charge is 2.61. The Morgan fingerprint density at radius 3 is 2.83 bits per heavy atom. The first kappa shape index (κ1) is 15.7. The quantitative estimate of drug-likeness (QED) is 0.908. The molecule has 24 heavy (non-hydrogen) atoms. The van der Waals surface area contributed by atoms with Crippen molar-refractivity contribution in [3.63, 3.8) is 0 Å². The third-order valence-corrected chi connectivity index (χ3v) is 6.58. The fraction of sp³-hybridized carbons (Fsp3) is 0.600. The van der Waals surface area contributed by atoms with Crippen molar-refractivity contribution < 1.29 is 14.7 Å². The Bertz CT molecular complexity index is 685. The van der Waals surface area contributed by atoms with Gasteiger partial charge in [-0.3, -0.25) is 9.59 Å². The van der Waals surface area contributed by atoms with Crippen molar-refractivity contribution in [3.8, 4) is 0 Å². The van der Waals surface area contributed by atoms with Crippen LogP contribution >= 0.6 is 0 Å². The number of fused-ring (bicyclic) bond motifs is 2. The topological polar surface area (TPSA) is 57.6 Å². The number of amides is 1. The van der Waals surface area contributed by atoms with Crippen LogP contribution in [0.2, 0.25) is 0 Å². The molecule has 0 aromatic heterocycles. The number of hydrogen-bond donors (Lipinski definition) is 1. The van der Waals surface area contributed by atoms with Gasteiger partial charge in [-0.2, -0.15) is 0 Å². The van der Waals surface area contributed by atoms with E-state index >= 15 is 0 Å². The molecule has 4 rings (SSSR count). The molecule has 4 nitrogen and oxygen atoms in total. The van der Waals surface area contributed by atoms with E-state index in [4.69, 9.17) is 0 Å². The highest BCUT2D eigenvalue weighted by molar-refractivity contribution is 5.86. The van der Waals surface area contributed by atoms with Crippen molar-refractivity contribution in [1.82, 2.24) is 4.90 Å². The smallest absolute Gasteiger partial charge is 0.308 e. The van der Waals surface area contributed by atoms with E-state index in [1.165, 1.54) is 11.1 Å². The number of carboxylic acids is 1. The molecule has 3 aliphatic rings. The molecule has 2 fully saturated rings. The van der Waals surface area contributed by atoms with Gasteiger partial charge in [0.2, 0.25) is 5.91 Å². The van der Waals surface area contributed by atoms with E-state index in [1.807, 2.05) is 11.8 Å². The van der Waals surface area contributed by atoms with Gasteiger partial charge in [0.25, 0.3) is 0 Å². The van der Waals surface area contributed by atoms with Gasteiger partial charge in [0, 0.05) is 23.9 Å². The Hall–Kier alpha value is -1.84. The van der Waals surface area contributed by atoms with Gasteiger partial charge in [-0.15, -0.1) is 0 Å². The van der Waals surface area contributed by atoms with Crippen LogP contribution in [-0.4, -0.2) is 34.5 Å². The summed E-state index contributed by atoms with van der Waals surface area (Å²) in [6.07, 6.45) is 5.76.